The van der Waals surface area contributed by atoms with Gasteiger partial charge < -0.3 is 9.72 Å². The van der Waals surface area contributed by atoms with Gasteiger partial charge >= 0.3 is 6.09 Å². The average Bonchev–Trinajstić information content (AvgIpc) is 2.96. The molecule has 2 aromatic carbocycles. The average molecular weight is 364 g/mol. The van der Waals surface area contributed by atoms with E-state index in [1.54, 1.807) is 6.07 Å². The molecule has 3 rings (SSSR count). The first-order chi connectivity index (χ1) is 11.9. The first-order valence-corrected chi connectivity index (χ1v) is 8.49. The van der Waals surface area contributed by atoms with E-state index in [-0.39, 0.29) is 16.5 Å². The molecule has 25 heavy (non-hydrogen) atoms. The molecule has 0 spiro atoms. The van der Waals surface area contributed by atoms with E-state index in [1.807, 2.05) is 0 Å². The molecular formula is C15H13FN4O4S. The van der Waals surface area contributed by atoms with Crippen molar-refractivity contribution in [3.63, 3.8) is 0 Å². The molecule has 0 unspecified atom stereocenters. The molecule has 3 aromatic rings. The lowest BCUT2D eigenvalue weighted by Gasteiger charge is -2.07. The van der Waals surface area contributed by atoms with Crippen molar-refractivity contribution in [2.75, 3.05) is 17.1 Å². The molecule has 0 radical (unpaired) electrons. The van der Waals surface area contributed by atoms with E-state index in [9.17, 15) is 17.6 Å². The van der Waals surface area contributed by atoms with Crippen molar-refractivity contribution in [1.29, 1.82) is 0 Å². The molecule has 130 valence electrons. The van der Waals surface area contributed by atoms with Crippen LogP contribution in [0, 0.1) is 5.82 Å². The summed E-state index contributed by atoms with van der Waals surface area (Å²) >= 11 is 0. The van der Waals surface area contributed by atoms with Crippen molar-refractivity contribution in [3.05, 3.63) is 48.3 Å². The summed E-state index contributed by atoms with van der Waals surface area (Å²) in [4.78, 5) is 18.1. The molecule has 1 amide bonds. The Morgan fingerprint density at radius 1 is 1.20 bits per heavy atom. The molecule has 0 aliphatic heterocycles. The van der Waals surface area contributed by atoms with Crippen LogP contribution in [0.25, 0.3) is 11.0 Å². The molecule has 8 nitrogen and oxygen atoms in total. The number of carbonyl (C=O) groups excluding carboxylic acids is 1. The standard InChI is InChI=1S/C15H13FN4O4S/c1-24-15(21)19-14-17-12-7-4-10(8-13(12)18-14)20-25(22,23)11-5-2-9(16)3-6-11/h2-8,20H,1H3,(H2,17,18,19,21). The van der Waals surface area contributed by atoms with E-state index >= 15 is 0 Å². The minimum absolute atomic E-state index is 0.0633. The van der Waals surface area contributed by atoms with Gasteiger partial charge in [0.15, 0.2) is 0 Å². The fraction of sp³-hybridized carbons (Fsp3) is 0.0667. The number of carbonyl (C=O) groups is 1. The number of hydrogen-bond acceptors (Lipinski definition) is 5. The second-order valence-corrected chi connectivity index (χ2v) is 6.68. The maximum absolute atomic E-state index is 12.9. The fourth-order valence-corrected chi connectivity index (χ4v) is 3.16. The highest BCUT2D eigenvalue weighted by atomic mass is 32.2. The molecule has 0 atom stereocenters. The number of benzene rings is 2. The number of ether oxygens (including phenoxy) is 1. The lowest BCUT2D eigenvalue weighted by molar-refractivity contribution is 0.186. The smallest absolute Gasteiger partial charge is 0.413 e. The van der Waals surface area contributed by atoms with Crippen molar-refractivity contribution in [2.24, 2.45) is 0 Å². The summed E-state index contributed by atoms with van der Waals surface area (Å²) in [7, 11) is -2.63. The van der Waals surface area contributed by atoms with Crippen molar-refractivity contribution in [1.82, 2.24) is 9.97 Å². The number of nitrogens with one attached hydrogen (secondary N) is 3. The number of nitrogens with zero attached hydrogens (tertiary/aromatic N) is 1. The third-order valence-electron chi connectivity index (χ3n) is 3.26. The largest absolute Gasteiger partial charge is 0.453 e. The van der Waals surface area contributed by atoms with Gasteiger partial charge in [-0.05, 0) is 42.5 Å². The zero-order valence-corrected chi connectivity index (χ0v) is 13.7. The molecule has 0 fully saturated rings. The Bertz CT molecular complexity index is 1030. The summed E-state index contributed by atoms with van der Waals surface area (Å²) in [6, 6.07) is 9.10. The van der Waals surface area contributed by atoms with Gasteiger partial charge in [0, 0.05) is 0 Å². The van der Waals surface area contributed by atoms with Crippen LogP contribution in [0.5, 0.6) is 0 Å². The van der Waals surface area contributed by atoms with E-state index in [1.165, 1.54) is 31.4 Å². The SMILES string of the molecule is COC(=O)Nc1nc2ccc(NS(=O)(=O)c3ccc(F)cc3)cc2[nH]1. The van der Waals surface area contributed by atoms with Gasteiger partial charge in [0.05, 0.1) is 28.7 Å². The summed E-state index contributed by atoms with van der Waals surface area (Å²) in [6.07, 6.45) is -0.684. The van der Waals surface area contributed by atoms with Crippen LogP contribution >= 0.6 is 0 Å². The Kier molecular flexibility index (Phi) is 4.28. The second-order valence-electron chi connectivity index (χ2n) is 4.99. The molecule has 1 heterocycles. The minimum atomic E-state index is -3.86. The fourth-order valence-electron chi connectivity index (χ4n) is 2.11. The Morgan fingerprint density at radius 3 is 2.60 bits per heavy atom. The topological polar surface area (TPSA) is 113 Å². The van der Waals surface area contributed by atoms with Crippen molar-refractivity contribution >= 4 is 38.8 Å². The van der Waals surface area contributed by atoms with Crippen LogP contribution in [0.15, 0.2) is 47.4 Å². The summed E-state index contributed by atoms with van der Waals surface area (Å²) in [5.41, 5.74) is 1.31. The van der Waals surface area contributed by atoms with E-state index in [4.69, 9.17) is 0 Å². The van der Waals surface area contributed by atoms with E-state index in [0.717, 1.165) is 12.1 Å². The van der Waals surface area contributed by atoms with Crippen molar-refractivity contribution < 1.29 is 22.3 Å². The second kappa shape index (κ2) is 6.40. The van der Waals surface area contributed by atoms with Gasteiger partial charge in [0.1, 0.15) is 5.82 Å². The number of halogens is 1. The lowest BCUT2D eigenvalue weighted by atomic mass is 10.3. The van der Waals surface area contributed by atoms with Gasteiger partial charge in [-0.2, -0.15) is 0 Å². The third kappa shape index (κ3) is 3.69. The summed E-state index contributed by atoms with van der Waals surface area (Å²) in [6.45, 7) is 0. The number of sulfonamides is 1. The minimum Gasteiger partial charge on any atom is -0.453 e. The number of anilines is 2. The van der Waals surface area contributed by atoms with Crippen molar-refractivity contribution in [3.8, 4) is 0 Å². The molecule has 0 bridgehead atoms. The van der Waals surface area contributed by atoms with Crippen LogP contribution in [-0.2, 0) is 14.8 Å². The summed E-state index contributed by atoms with van der Waals surface area (Å²) in [5.74, 6) is -0.358. The quantitative estimate of drug-likeness (QED) is 0.659. The molecule has 0 aliphatic rings. The highest BCUT2D eigenvalue weighted by molar-refractivity contribution is 7.92. The Hall–Kier alpha value is -3.14. The lowest BCUT2D eigenvalue weighted by Crippen LogP contribution is -2.12. The van der Waals surface area contributed by atoms with Gasteiger partial charge in [-0.1, -0.05) is 0 Å². The summed E-state index contributed by atoms with van der Waals surface area (Å²) in [5, 5.41) is 2.38. The van der Waals surface area contributed by atoms with Crippen LogP contribution in [0.1, 0.15) is 0 Å². The highest BCUT2D eigenvalue weighted by Crippen LogP contribution is 2.22. The number of aromatic amines is 1. The molecule has 0 aliphatic carbocycles. The third-order valence-corrected chi connectivity index (χ3v) is 4.66. The zero-order valence-electron chi connectivity index (χ0n) is 12.9. The van der Waals surface area contributed by atoms with Crippen LogP contribution < -0.4 is 10.0 Å². The molecular weight excluding hydrogens is 351 g/mol. The zero-order chi connectivity index (χ0) is 18.0. The van der Waals surface area contributed by atoms with Gasteiger partial charge in [-0.3, -0.25) is 10.0 Å². The number of rotatable bonds is 4. The van der Waals surface area contributed by atoms with Crippen LogP contribution in [0.2, 0.25) is 0 Å². The van der Waals surface area contributed by atoms with E-state index < -0.39 is 21.9 Å². The number of fused-ring (bicyclic) bond motifs is 1. The Labute approximate surface area is 142 Å². The van der Waals surface area contributed by atoms with E-state index in [0.29, 0.717) is 11.0 Å². The number of imidazole rings is 1. The van der Waals surface area contributed by atoms with Crippen LogP contribution in [0.4, 0.5) is 20.8 Å². The predicted octanol–water partition coefficient (Wildman–Crippen LogP) is 2.68. The molecule has 3 N–H and O–H groups in total. The van der Waals surface area contributed by atoms with Crippen LogP contribution in [-0.4, -0.2) is 31.6 Å². The number of amides is 1. The monoisotopic (exact) mass is 364 g/mol. The van der Waals surface area contributed by atoms with E-state index in [2.05, 4.69) is 24.7 Å². The Balaban J connectivity index is 1.86. The first kappa shape index (κ1) is 16.7. The molecule has 1 aromatic heterocycles. The predicted molar refractivity (Wildman–Crippen MR) is 89.3 cm³/mol. The van der Waals surface area contributed by atoms with Crippen molar-refractivity contribution in [2.45, 2.75) is 4.90 Å². The first-order valence-electron chi connectivity index (χ1n) is 7.00. The normalized spacial score (nSPS) is 11.3. The molecule has 10 heteroatoms. The maximum Gasteiger partial charge on any atom is 0.413 e. The number of H-pyrrole nitrogens is 1. The molecule has 0 saturated carbocycles. The number of hydrogen-bond donors (Lipinski definition) is 3. The maximum atomic E-state index is 12.9. The van der Waals surface area contributed by atoms with Gasteiger partial charge in [0.2, 0.25) is 5.95 Å². The summed E-state index contributed by atoms with van der Waals surface area (Å²) < 4.78 is 44.4. The van der Waals surface area contributed by atoms with Gasteiger partial charge in [-0.25, -0.2) is 22.6 Å². The highest BCUT2D eigenvalue weighted by Gasteiger charge is 2.15. The Morgan fingerprint density at radius 2 is 1.92 bits per heavy atom. The number of aromatic nitrogens is 2. The van der Waals surface area contributed by atoms with Gasteiger partial charge in [0.25, 0.3) is 10.0 Å². The molecule has 0 saturated heterocycles. The van der Waals surface area contributed by atoms with Crippen LogP contribution in [0.3, 0.4) is 0 Å². The number of methoxy groups -OCH3 is 1. The van der Waals surface area contributed by atoms with Gasteiger partial charge in [-0.15, -0.1) is 0 Å².